The number of carbonyl (C=O) groups is 1. The summed E-state index contributed by atoms with van der Waals surface area (Å²) in [7, 11) is 1.55. The van der Waals surface area contributed by atoms with Crippen molar-refractivity contribution < 1.29 is 13.9 Å². The fraction of sp³-hybridized carbons (Fsp3) is 0.222. The smallest absolute Gasteiger partial charge is 0.263 e. The predicted molar refractivity (Wildman–Crippen MR) is 101 cm³/mol. The van der Waals surface area contributed by atoms with Gasteiger partial charge in [-0.15, -0.1) is 0 Å². The van der Waals surface area contributed by atoms with E-state index in [0.717, 1.165) is 11.8 Å². The largest absolute Gasteiger partial charge is 0.383 e. The molecule has 0 unspecified atom stereocenters. The molecular weight excluding hydrogens is 371 g/mol. The van der Waals surface area contributed by atoms with E-state index in [1.807, 2.05) is 0 Å². The quantitative estimate of drug-likeness (QED) is 0.494. The normalized spacial score (nSPS) is 10.9. The molecule has 7 nitrogen and oxygen atoms in total. The van der Waals surface area contributed by atoms with Gasteiger partial charge in [0.05, 0.1) is 24.3 Å². The zero-order chi connectivity index (χ0) is 19.2. The molecule has 0 aliphatic rings. The number of benzene rings is 1. The Hall–Kier alpha value is -2.78. The number of pyridine rings is 1. The van der Waals surface area contributed by atoms with Gasteiger partial charge in [-0.05, 0) is 36.4 Å². The molecule has 0 spiro atoms. The van der Waals surface area contributed by atoms with Gasteiger partial charge in [0.1, 0.15) is 5.82 Å². The van der Waals surface area contributed by atoms with Crippen LogP contribution in [0.2, 0.25) is 0 Å². The number of nitrogens with zero attached hydrogens (tertiary/aromatic N) is 3. The molecule has 0 saturated carbocycles. The fourth-order valence-electron chi connectivity index (χ4n) is 2.39. The van der Waals surface area contributed by atoms with Crippen molar-refractivity contribution in [3.8, 4) is 0 Å². The predicted octanol–water partition coefficient (Wildman–Crippen LogP) is 2.31. The summed E-state index contributed by atoms with van der Waals surface area (Å²) in [4.78, 5) is 33.4. The van der Waals surface area contributed by atoms with Gasteiger partial charge in [-0.1, -0.05) is 11.8 Å². The number of amides is 1. The first-order valence-corrected chi connectivity index (χ1v) is 9.10. The van der Waals surface area contributed by atoms with Crippen LogP contribution in [-0.2, 0) is 16.1 Å². The van der Waals surface area contributed by atoms with Crippen LogP contribution < -0.4 is 10.9 Å². The van der Waals surface area contributed by atoms with E-state index >= 15 is 0 Å². The van der Waals surface area contributed by atoms with Crippen LogP contribution >= 0.6 is 11.8 Å². The SMILES string of the molecule is COCCn1c(SCC(=O)Nc2ccc(F)cc2)nc2ncccc2c1=O. The second kappa shape index (κ2) is 8.74. The zero-order valence-corrected chi connectivity index (χ0v) is 15.3. The molecule has 1 amide bonds. The van der Waals surface area contributed by atoms with E-state index in [-0.39, 0.29) is 23.0 Å². The van der Waals surface area contributed by atoms with Crippen molar-refractivity contribution in [2.45, 2.75) is 11.7 Å². The number of hydrogen-bond donors (Lipinski definition) is 1. The Morgan fingerprint density at radius 1 is 1.30 bits per heavy atom. The highest BCUT2D eigenvalue weighted by molar-refractivity contribution is 7.99. The van der Waals surface area contributed by atoms with E-state index in [9.17, 15) is 14.0 Å². The monoisotopic (exact) mass is 388 g/mol. The number of thioether (sulfide) groups is 1. The maximum Gasteiger partial charge on any atom is 0.263 e. The van der Waals surface area contributed by atoms with Crippen LogP contribution in [0.15, 0.2) is 52.5 Å². The lowest BCUT2D eigenvalue weighted by molar-refractivity contribution is -0.113. The lowest BCUT2D eigenvalue weighted by Gasteiger charge is -2.12. The highest BCUT2D eigenvalue weighted by atomic mass is 32.2. The van der Waals surface area contributed by atoms with Gasteiger partial charge >= 0.3 is 0 Å². The van der Waals surface area contributed by atoms with Gasteiger partial charge in [0.2, 0.25) is 5.91 Å². The lowest BCUT2D eigenvalue weighted by Crippen LogP contribution is -2.26. The lowest BCUT2D eigenvalue weighted by atomic mass is 10.3. The molecule has 9 heteroatoms. The topological polar surface area (TPSA) is 86.1 Å². The van der Waals surface area contributed by atoms with Crippen molar-refractivity contribution in [3.63, 3.8) is 0 Å². The number of hydrogen-bond acceptors (Lipinski definition) is 6. The van der Waals surface area contributed by atoms with Crippen LogP contribution in [0.5, 0.6) is 0 Å². The maximum atomic E-state index is 12.9. The molecular formula is C18H17FN4O3S. The summed E-state index contributed by atoms with van der Waals surface area (Å²) in [5.74, 6) is -0.632. The third-order valence-electron chi connectivity index (χ3n) is 3.67. The van der Waals surface area contributed by atoms with E-state index in [1.54, 1.807) is 25.4 Å². The Morgan fingerprint density at radius 3 is 2.81 bits per heavy atom. The maximum absolute atomic E-state index is 12.9. The molecule has 0 aliphatic heterocycles. The Morgan fingerprint density at radius 2 is 2.07 bits per heavy atom. The van der Waals surface area contributed by atoms with Crippen molar-refractivity contribution >= 4 is 34.4 Å². The van der Waals surface area contributed by atoms with Crippen LogP contribution in [0, 0.1) is 5.82 Å². The highest BCUT2D eigenvalue weighted by Crippen LogP contribution is 2.17. The standard InChI is InChI=1S/C18H17FN4O3S/c1-26-10-9-23-17(25)14-3-2-8-20-16(14)22-18(23)27-11-15(24)21-13-6-4-12(19)5-7-13/h2-8H,9-11H2,1H3,(H,21,24). The van der Waals surface area contributed by atoms with Crippen molar-refractivity contribution in [1.29, 1.82) is 0 Å². The fourth-order valence-corrected chi connectivity index (χ4v) is 3.20. The van der Waals surface area contributed by atoms with E-state index < -0.39 is 0 Å². The van der Waals surface area contributed by atoms with Gasteiger partial charge in [0, 0.05) is 19.0 Å². The molecule has 1 aromatic carbocycles. The number of nitrogens with one attached hydrogen (secondary N) is 1. The zero-order valence-electron chi connectivity index (χ0n) is 14.5. The van der Waals surface area contributed by atoms with Gasteiger partial charge in [-0.3, -0.25) is 14.2 Å². The molecule has 0 radical (unpaired) electrons. The van der Waals surface area contributed by atoms with Crippen molar-refractivity contribution in [2.75, 3.05) is 24.8 Å². The van der Waals surface area contributed by atoms with E-state index in [0.29, 0.717) is 35.0 Å². The molecule has 3 aromatic rings. The number of aromatic nitrogens is 3. The summed E-state index contributed by atoms with van der Waals surface area (Å²) in [5.41, 5.74) is 0.594. The number of anilines is 1. The van der Waals surface area contributed by atoms with Gasteiger partial charge in [0.25, 0.3) is 5.56 Å². The first-order chi connectivity index (χ1) is 13.1. The van der Waals surface area contributed by atoms with Crippen LogP contribution in [0.3, 0.4) is 0 Å². The van der Waals surface area contributed by atoms with Crippen molar-refractivity contribution in [3.05, 3.63) is 58.8 Å². The molecule has 1 N–H and O–H groups in total. The van der Waals surface area contributed by atoms with E-state index in [2.05, 4.69) is 15.3 Å². The third kappa shape index (κ3) is 4.69. The number of rotatable bonds is 7. The molecule has 27 heavy (non-hydrogen) atoms. The van der Waals surface area contributed by atoms with Crippen LogP contribution in [0.25, 0.3) is 11.0 Å². The van der Waals surface area contributed by atoms with Crippen LogP contribution in [0.4, 0.5) is 10.1 Å². The number of carbonyl (C=O) groups excluding carboxylic acids is 1. The Labute approximate surface area is 158 Å². The molecule has 0 fully saturated rings. The third-order valence-corrected chi connectivity index (χ3v) is 4.65. The summed E-state index contributed by atoms with van der Waals surface area (Å²) in [5, 5.41) is 3.47. The number of ether oxygens (including phenoxy) is 1. The van der Waals surface area contributed by atoms with Gasteiger partial charge in [-0.2, -0.15) is 0 Å². The number of halogens is 1. The minimum Gasteiger partial charge on any atom is -0.383 e. The Kier molecular flexibility index (Phi) is 6.15. The second-order valence-electron chi connectivity index (χ2n) is 5.56. The average Bonchev–Trinajstić information content (AvgIpc) is 2.68. The second-order valence-corrected chi connectivity index (χ2v) is 6.50. The molecule has 0 atom stereocenters. The first-order valence-electron chi connectivity index (χ1n) is 8.11. The molecule has 3 rings (SSSR count). The first kappa shape index (κ1) is 19.0. The highest BCUT2D eigenvalue weighted by Gasteiger charge is 2.14. The molecule has 2 heterocycles. The summed E-state index contributed by atoms with van der Waals surface area (Å²) in [6.45, 7) is 0.651. The molecule has 0 bridgehead atoms. The Balaban J connectivity index is 1.79. The summed E-state index contributed by atoms with van der Waals surface area (Å²) >= 11 is 1.13. The van der Waals surface area contributed by atoms with Gasteiger partial charge in [0.15, 0.2) is 10.8 Å². The van der Waals surface area contributed by atoms with Crippen molar-refractivity contribution in [2.24, 2.45) is 0 Å². The van der Waals surface area contributed by atoms with E-state index in [1.165, 1.54) is 28.8 Å². The van der Waals surface area contributed by atoms with Crippen LogP contribution in [-0.4, -0.2) is 39.9 Å². The van der Waals surface area contributed by atoms with E-state index in [4.69, 9.17) is 4.74 Å². The van der Waals surface area contributed by atoms with Crippen LogP contribution in [0.1, 0.15) is 0 Å². The number of methoxy groups -OCH3 is 1. The average molecular weight is 388 g/mol. The summed E-state index contributed by atoms with van der Waals surface area (Å²) < 4.78 is 19.5. The summed E-state index contributed by atoms with van der Waals surface area (Å²) in [6.07, 6.45) is 1.56. The molecule has 0 saturated heterocycles. The molecule has 0 aliphatic carbocycles. The van der Waals surface area contributed by atoms with Crippen molar-refractivity contribution in [1.82, 2.24) is 14.5 Å². The van der Waals surface area contributed by atoms with Gasteiger partial charge < -0.3 is 10.1 Å². The summed E-state index contributed by atoms with van der Waals surface area (Å²) in [6, 6.07) is 8.82. The number of fused-ring (bicyclic) bond motifs is 1. The molecule has 140 valence electrons. The minimum atomic E-state index is -0.377. The minimum absolute atomic E-state index is 0.0368. The molecule has 2 aromatic heterocycles. The van der Waals surface area contributed by atoms with Gasteiger partial charge in [-0.25, -0.2) is 14.4 Å². The Bertz CT molecular complexity index is 1010.